The maximum Gasteiger partial charge on any atom is 0.153 e. The normalized spacial score (nSPS) is 11.9. The Morgan fingerprint density at radius 3 is 2.85 bits per heavy atom. The van der Waals surface area contributed by atoms with E-state index in [1.54, 1.807) is 0 Å². The molecule has 2 N–H and O–H groups in total. The summed E-state index contributed by atoms with van der Waals surface area (Å²) in [6.07, 6.45) is 4.12. The van der Waals surface area contributed by atoms with Crippen molar-refractivity contribution in [1.82, 2.24) is 9.55 Å². The summed E-state index contributed by atoms with van der Waals surface area (Å²) in [6, 6.07) is 3.00. The van der Waals surface area contributed by atoms with Crippen LogP contribution in [-0.4, -0.2) is 30.5 Å². The molecule has 20 heavy (non-hydrogen) atoms. The number of hydrogen-bond acceptors (Lipinski definition) is 4. The van der Waals surface area contributed by atoms with Crippen LogP contribution >= 0.6 is 0 Å². The minimum absolute atomic E-state index is 0.426. The van der Waals surface area contributed by atoms with Gasteiger partial charge in [-0.05, 0) is 12.1 Å². The molecule has 108 valence electrons. The van der Waals surface area contributed by atoms with Crippen molar-refractivity contribution in [2.24, 2.45) is 0 Å². The van der Waals surface area contributed by atoms with E-state index in [0.717, 1.165) is 30.0 Å². The van der Waals surface area contributed by atoms with Gasteiger partial charge >= 0.3 is 0 Å². The van der Waals surface area contributed by atoms with Crippen LogP contribution in [0.5, 0.6) is 0 Å². The van der Waals surface area contributed by atoms with Crippen LogP contribution in [0, 0.1) is 0 Å². The van der Waals surface area contributed by atoms with Crippen LogP contribution in [0.2, 0.25) is 25.7 Å². The maximum absolute atomic E-state index is 10.8. The van der Waals surface area contributed by atoms with Crippen molar-refractivity contribution in [3.05, 3.63) is 24.0 Å². The number of pyridine rings is 1. The largest absolute Gasteiger partial charge is 0.398 e. The minimum Gasteiger partial charge on any atom is -0.398 e. The number of rotatable bonds is 6. The lowest BCUT2D eigenvalue weighted by molar-refractivity contribution is 0.0899. The van der Waals surface area contributed by atoms with E-state index >= 15 is 0 Å². The number of ether oxygens (including phenoxy) is 1. The monoisotopic (exact) mass is 291 g/mol. The van der Waals surface area contributed by atoms with E-state index in [2.05, 4.69) is 24.6 Å². The molecule has 0 aliphatic carbocycles. The number of anilines is 1. The minimum atomic E-state index is -1.06. The smallest absolute Gasteiger partial charge is 0.153 e. The first-order chi connectivity index (χ1) is 9.42. The molecule has 0 aliphatic heterocycles. The first-order valence-electron chi connectivity index (χ1n) is 6.68. The molecule has 0 fully saturated rings. The summed E-state index contributed by atoms with van der Waals surface area (Å²) < 4.78 is 7.61. The van der Waals surface area contributed by atoms with Gasteiger partial charge in [-0.2, -0.15) is 0 Å². The molecule has 0 saturated heterocycles. The van der Waals surface area contributed by atoms with Crippen LogP contribution in [0.4, 0.5) is 5.69 Å². The zero-order valence-corrected chi connectivity index (χ0v) is 13.2. The maximum atomic E-state index is 10.8. The number of nitrogen functional groups attached to an aromatic ring is 1. The fourth-order valence-electron chi connectivity index (χ4n) is 1.91. The molecule has 0 unspecified atom stereocenters. The van der Waals surface area contributed by atoms with Crippen LogP contribution in [0.15, 0.2) is 18.5 Å². The molecule has 0 spiro atoms. The summed E-state index contributed by atoms with van der Waals surface area (Å²) in [4.78, 5) is 15.1. The third-order valence-corrected chi connectivity index (χ3v) is 4.92. The Morgan fingerprint density at radius 1 is 1.45 bits per heavy atom. The Hall–Kier alpha value is -1.66. The van der Waals surface area contributed by atoms with Gasteiger partial charge in [-0.25, -0.2) is 4.98 Å². The molecule has 2 heterocycles. The van der Waals surface area contributed by atoms with Crippen LogP contribution in [0.25, 0.3) is 11.0 Å². The van der Waals surface area contributed by atoms with Crippen molar-refractivity contribution in [3.8, 4) is 0 Å². The second-order valence-electron chi connectivity index (χ2n) is 6.12. The van der Waals surface area contributed by atoms with Crippen LogP contribution in [0.1, 0.15) is 10.4 Å². The van der Waals surface area contributed by atoms with E-state index < -0.39 is 8.07 Å². The lowest BCUT2D eigenvalue weighted by Gasteiger charge is -2.15. The number of nitrogens with two attached hydrogens (primary N) is 1. The molecule has 0 saturated carbocycles. The molecule has 0 aliphatic rings. The molecule has 2 aromatic rings. The third-order valence-electron chi connectivity index (χ3n) is 3.21. The van der Waals surface area contributed by atoms with E-state index in [9.17, 15) is 4.79 Å². The third kappa shape index (κ3) is 3.26. The van der Waals surface area contributed by atoms with Gasteiger partial charge < -0.3 is 15.0 Å². The molecule has 2 aromatic heterocycles. The first kappa shape index (κ1) is 14.7. The number of hydrogen-bond donors (Lipinski definition) is 1. The van der Waals surface area contributed by atoms with Crippen molar-refractivity contribution in [1.29, 1.82) is 0 Å². The van der Waals surface area contributed by atoms with Crippen molar-refractivity contribution in [2.45, 2.75) is 32.4 Å². The van der Waals surface area contributed by atoms with Gasteiger partial charge in [-0.1, -0.05) is 19.6 Å². The van der Waals surface area contributed by atoms with Gasteiger partial charge in [0.2, 0.25) is 0 Å². The van der Waals surface area contributed by atoms with Gasteiger partial charge in [0.25, 0.3) is 0 Å². The zero-order valence-electron chi connectivity index (χ0n) is 12.2. The fourth-order valence-corrected chi connectivity index (χ4v) is 2.67. The molecule has 0 radical (unpaired) electrons. The summed E-state index contributed by atoms with van der Waals surface area (Å²) in [5.74, 6) is 0. The van der Waals surface area contributed by atoms with E-state index in [0.29, 0.717) is 18.0 Å². The SMILES string of the molecule is C[Si](C)(C)CCOCn1ccc2c(N)c(C=O)cnc21. The van der Waals surface area contributed by atoms with E-state index in [1.807, 2.05) is 16.8 Å². The van der Waals surface area contributed by atoms with Gasteiger partial charge in [0.1, 0.15) is 12.4 Å². The molecule has 0 aromatic carbocycles. The van der Waals surface area contributed by atoms with E-state index in [4.69, 9.17) is 10.5 Å². The van der Waals surface area contributed by atoms with Crippen molar-refractivity contribution < 1.29 is 9.53 Å². The highest BCUT2D eigenvalue weighted by molar-refractivity contribution is 6.76. The molecule has 0 amide bonds. The second-order valence-corrected chi connectivity index (χ2v) is 11.7. The molecular formula is C14H21N3O2Si. The number of carbonyl (C=O) groups is 1. The van der Waals surface area contributed by atoms with Crippen LogP contribution < -0.4 is 5.73 Å². The molecule has 5 nitrogen and oxygen atoms in total. The average Bonchev–Trinajstić information content (AvgIpc) is 2.78. The molecule has 6 heteroatoms. The van der Waals surface area contributed by atoms with Gasteiger partial charge in [0.05, 0.1) is 11.3 Å². The predicted octanol–water partition coefficient (Wildman–Crippen LogP) is 2.74. The predicted molar refractivity (Wildman–Crippen MR) is 83.6 cm³/mol. The topological polar surface area (TPSA) is 70.1 Å². The van der Waals surface area contributed by atoms with E-state index in [-0.39, 0.29) is 0 Å². The highest BCUT2D eigenvalue weighted by Crippen LogP contribution is 2.23. The van der Waals surface area contributed by atoms with Crippen molar-refractivity contribution in [2.75, 3.05) is 12.3 Å². The molecule has 0 atom stereocenters. The number of aldehydes is 1. The first-order valence-corrected chi connectivity index (χ1v) is 10.4. The summed E-state index contributed by atoms with van der Waals surface area (Å²) in [5.41, 5.74) is 7.59. The quantitative estimate of drug-likeness (QED) is 0.505. The van der Waals surface area contributed by atoms with Crippen molar-refractivity contribution in [3.63, 3.8) is 0 Å². The lowest BCUT2D eigenvalue weighted by Crippen LogP contribution is -2.22. The highest BCUT2D eigenvalue weighted by Gasteiger charge is 2.13. The highest BCUT2D eigenvalue weighted by atomic mass is 28.3. The summed E-state index contributed by atoms with van der Waals surface area (Å²) in [7, 11) is -1.06. The Bertz CT molecular complexity index is 617. The van der Waals surface area contributed by atoms with Gasteiger partial charge in [-0.3, -0.25) is 4.79 Å². The summed E-state index contributed by atoms with van der Waals surface area (Å²) >= 11 is 0. The number of carbonyl (C=O) groups excluding carboxylic acids is 1. The van der Waals surface area contributed by atoms with Gasteiger partial charge in [0, 0.05) is 32.5 Å². The number of nitrogens with zero attached hydrogens (tertiary/aromatic N) is 2. The van der Waals surface area contributed by atoms with Crippen LogP contribution in [0.3, 0.4) is 0 Å². The standard InChI is InChI=1S/C14H21N3O2Si/c1-20(2,3)7-6-19-10-17-5-4-12-13(15)11(9-18)8-16-14(12)17/h4-5,8-9H,6-7,10H2,1-3H3,(H2,15,16). The second kappa shape index (κ2) is 5.76. The summed E-state index contributed by atoms with van der Waals surface area (Å²) in [5, 5.41) is 0.795. The Morgan fingerprint density at radius 2 is 2.20 bits per heavy atom. The van der Waals surface area contributed by atoms with Gasteiger partial charge in [-0.15, -0.1) is 0 Å². The number of aromatic nitrogens is 2. The van der Waals surface area contributed by atoms with Gasteiger partial charge in [0.15, 0.2) is 6.29 Å². The summed E-state index contributed by atoms with van der Waals surface area (Å²) in [6.45, 7) is 8.19. The lowest BCUT2D eigenvalue weighted by atomic mass is 10.2. The van der Waals surface area contributed by atoms with Crippen LogP contribution in [-0.2, 0) is 11.5 Å². The Balaban J connectivity index is 2.08. The Labute approximate surface area is 119 Å². The fraction of sp³-hybridized carbons (Fsp3) is 0.429. The molecular weight excluding hydrogens is 270 g/mol. The average molecular weight is 291 g/mol. The number of fused-ring (bicyclic) bond motifs is 1. The van der Waals surface area contributed by atoms with E-state index in [1.165, 1.54) is 6.20 Å². The molecule has 0 bridgehead atoms. The molecule has 2 rings (SSSR count). The zero-order chi connectivity index (χ0) is 14.8. The van der Waals surface area contributed by atoms with Crippen molar-refractivity contribution >= 4 is 31.1 Å². The Kier molecular flexibility index (Phi) is 4.25.